The molecule has 28 heavy (non-hydrogen) atoms. The molecule has 152 valence electrons. The van der Waals surface area contributed by atoms with Crippen LogP contribution in [-0.2, 0) is 0 Å². The minimum absolute atomic E-state index is 0.905. The maximum Gasteiger partial charge on any atom is 0.153 e. The van der Waals surface area contributed by atoms with Crippen molar-refractivity contribution in [1.82, 2.24) is 0 Å². The molecule has 2 aromatic carbocycles. The molecule has 0 radical (unpaired) electrons. The Kier molecular flexibility index (Phi) is 7.07. The van der Waals surface area contributed by atoms with Gasteiger partial charge in [-0.15, -0.1) is 0 Å². The monoisotopic (exact) mass is 381 g/mol. The smallest absolute Gasteiger partial charge is 0.153 e. The molecular formula is C24H35N3O. The molecule has 0 spiro atoms. The van der Waals surface area contributed by atoms with E-state index in [-0.39, 0.29) is 0 Å². The number of hydrogen-bond donors (Lipinski definition) is 1. The molecule has 0 fully saturated rings. The van der Waals surface area contributed by atoms with Crippen molar-refractivity contribution < 1.29 is 4.74 Å². The number of hydrogen-bond acceptors (Lipinski definition) is 4. The molecule has 3 rings (SSSR count). The number of nitrogens with zero attached hydrogens (tertiary/aromatic N) is 2. The van der Waals surface area contributed by atoms with E-state index in [1.165, 1.54) is 37.1 Å². The van der Waals surface area contributed by atoms with Crippen molar-refractivity contribution in [2.45, 2.75) is 53.4 Å². The Morgan fingerprint density at radius 3 is 1.68 bits per heavy atom. The van der Waals surface area contributed by atoms with Crippen LogP contribution >= 0.6 is 0 Å². The summed E-state index contributed by atoms with van der Waals surface area (Å²) in [6.45, 7) is 13.1. The number of nitrogens with one attached hydrogen (secondary N) is 1. The van der Waals surface area contributed by atoms with Gasteiger partial charge < -0.3 is 19.9 Å². The zero-order valence-electron chi connectivity index (χ0n) is 17.9. The van der Waals surface area contributed by atoms with Gasteiger partial charge in [0.25, 0.3) is 0 Å². The molecule has 4 heteroatoms. The fourth-order valence-corrected chi connectivity index (χ4v) is 3.71. The first-order valence-corrected chi connectivity index (χ1v) is 10.9. The summed E-state index contributed by atoms with van der Waals surface area (Å²) < 4.78 is 6.34. The normalized spacial score (nSPS) is 11.9. The summed E-state index contributed by atoms with van der Waals surface area (Å²) in [5, 5.41) is 3.53. The Morgan fingerprint density at radius 2 is 1.21 bits per heavy atom. The summed E-state index contributed by atoms with van der Waals surface area (Å²) in [4.78, 5) is 4.84. The Morgan fingerprint density at radius 1 is 0.714 bits per heavy atom. The lowest BCUT2D eigenvalue weighted by atomic mass is 10.1. The van der Waals surface area contributed by atoms with Gasteiger partial charge in [0.15, 0.2) is 11.5 Å². The average molecular weight is 382 g/mol. The minimum Gasteiger partial charge on any atom is -0.453 e. The summed E-state index contributed by atoms with van der Waals surface area (Å²) in [6, 6.07) is 13.0. The molecule has 0 unspecified atom stereocenters. The summed E-state index contributed by atoms with van der Waals surface area (Å²) in [6.07, 6.45) is 4.87. The molecule has 1 N–H and O–H groups in total. The SMILES string of the molecule is CCCCN(CCCC)c1ccc2c(c1)Oc1cc(N(CC)CC)ccc1N2. The highest BCUT2D eigenvalue weighted by Gasteiger charge is 2.19. The van der Waals surface area contributed by atoms with Crippen LogP contribution in [0.15, 0.2) is 36.4 Å². The fourth-order valence-electron chi connectivity index (χ4n) is 3.71. The molecule has 4 nitrogen and oxygen atoms in total. The molecule has 1 heterocycles. The van der Waals surface area contributed by atoms with Crippen LogP contribution in [0.25, 0.3) is 0 Å². The second-order valence-corrected chi connectivity index (χ2v) is 7.45. The highest BCUT2D eigenvalue weighted by Crippen LogP contribution is 2.44. The molecule has 0 amide bonds. The van der Waals surface area contributed by atoms with Crippen molar-refractivity contribution in [3.63, 3.8) is 0 Å². The van der Waals surface area contributed by atoms with Crippen molar-refractivity contribution in [3.8, 4) is 11.5 Å². The topological polar surface area (TPSA) is 27.7 Å². The van der Waals surface area contributed by atoms with E-state index in [1.807, 2.05) is 0 Å². The second-order valence-electron chi connectivity index (χ2n) is 7.45. The van der Waals surface area contributed by atoms with Gasteiger partial charge >= 0.3 is 0 Å². The predicted molar refractivity (Wildman–Crippen MR) is 122 cm³/mol. The van der Waals surface area contributed by atoms with E-state index >= 15 is 0 Å². The lowest BCUT2D eigenvalue weighted by Gasteiger charge is -2.28. The lowest BCUT2D eigenvalue weighted by molar-refractivity contribution is 0.481. The average Bonchev–Trinajstić information content (AvgIpc) is 2.73. The van der Waals surface area contributed by atoms with Crippen LogP contribution in [0.3, 0.4) is 0 Å². The Labute approximate surface area is 170 Å². The maximum absolute atomic E-state index is 6.34. The van der Waals surface area contributed by atoms with Crippen LogP contribution < -0.4 is 19.9 Å². The fraction of sp³-hybridized carbons (Fsp3) is 0.500. The van der Waals surface area contributed by atoms with Crippen LogP contribution in [-0.4, -0.2) is 26.2 Å². The molecule has 2 aromatic rings. The zero-order chi connectivity index (χ0) is 19.9. The van der Waals surface area contributed by atoms with Gasteiger partial charge in [-0.25, -0.2) is 0 Å². The van der Waals surface area contributed by atoms with Gasteiger partial charge in [-0.2, -0.15) is 0 Å². The van der Waals surface area contributed by atoms with Gasteiger partial charge in [-0.05, 0) is 51.0 Å². The van der Waals surface area contributed by atoms with Crippen LogP contribution in [0, 0.1) is 0 Å². The Bertz CT molecular complexity index is 762. The molecule has 1 aliphatic rings. The first kappa shape index (κ1) is 20.4. The minimum atomic E-state index is 0.905. The van der Waals surface area contributed by atoms with Crippen LogP contribution in [0.1, 0.15) is 53.4 Å². The largest absolute Gasteiger partial charge is 0.453 e. The molecule has 0 saturated carbocycles. The Balaban J connectivity index is 1.84. The molecule has 0 atom stereocenters. The van der Waals surface area contributed by atoms with Gasteiger partial charge in [-0.1, -0.05) is 26.7 Å². The van der Waals surface area contributed by atoms with E-state index in [2.05, 4.69) is 79.2 Å². The standard InChI is InChI=1S/C24H35N3O/c1-5-9-15-27(16-10-6-2)20-12-14-22-24(18-20)28-23-17-19(26(7-3)8-4)11-13-21(23)25-22/h11-14,17-18,25H,5-10,15-16H2,1-4H3. The van der Waals surface area contributed by atoms with Gasteiger partial charge in [0.05, 0.1) is 11.4 Å². The lowest BCUT2D eigenvalue weighted by Crippen LogP contribution is -2.25. The van der Waals surface area contributed by atoms with Gasteiger partial charge in [0.2, 0.25) is 0 Å². The van der Waals surface area contributed by atoms with Crippen molar-refractivity contribution >= 4 is 22.7 Å². The Hall–Kier alpha value is -2.36. The van der Waals surface area contributed by atoms with Crippen LogP contribution in [0.4, 0.5) is 22.7 Å². The van der Waals surface area contributed by atoms with E-state index in [0.29, 0.717) is 0 Å². The number of rotatable bonds is 10. The first-order chi connectivity index (χ1) is 13.7. The predicted octanol–water partition coefficient (Wildman–Crippen LogP) is 6.79. The molecular weight excluding hydrogens is 346 g/mol. The molecule has 0 saturated heterocycles. The maximum atomic E-state index is 6.34. The number of anilines is 4. The highest BCUT2D eigenvalue weighted by molar-refractivity contribution is 5.79. The van der Waals surface area contributed by atoms with Crippen molar-refractivity contribution in [3.05, 3.63) is 36.4 Å². The molecule has 0 bridgehead atoms. The number of fused-ring (bicyclic) bond motifs is 2. The highest BCUT2D eigenvalue weighted by atomic mass is 16.5. The zero-order valence-corrected chi connectivity index (χ0v) is 17.9. The number of benzene rings is 2. The molecule has 1 aliphatic heterocycles. The van der Waals surface area contributed by atoms with Crippen LogP contribution in [0.5, 0.6) is 11.5 Å². The van der Waals surface area contributed by atoms with E-state index in [1.54, 1.807) is 0 Å². The van der Waals surface area contributed by atoms with Gasteiger partial charge in [-0.3, -0.25) is 0 Å². The number of ether oxygens (including phenoxy) is 1. The van der Waals surface area contributed by atoms with E-state index < -0.39 is 0 Å². The summed E-state index contributed by atoms with van der Waals surface area (Å²) in [7, 11) is 0. The van der Waals surface area contributed by atoms with Gasteiger partial charge in [0, 0.05) is 49.7 Å². The summed E-state index contributed by atoms with van der Waals surface area (Å²) in [5.41, 5.74) is 4.53. The molecule has 0 aliphatic carbocycles. The third-order valence-corrected chi connectivity index (χ3v) is 5.48. The van der Waals surface area contributed by atoms with E-state index in [0.717, 1.165) is 49.1 Å². The quantitative estimate of drug-likeness (QED) is 0.418. The first-order valence-electron chi connectivity index (χ1n) is 10.9. The van der Waals surface area contributed by atoms with Crippen molar-refractivity contribution in [2.75, 3.05) is 41.3 Å². The van der Waals surface area contributed by atoms with E-state index in [4.69, 9.17) is 4.74 Å². The third kappa shape index (κ3) is 4.54. The van der Waals surface area contributed by atoms with Crippen molar-refractivity contribution in [1.29, 1.82) is 0 Å². The van der Waals surface area contributed by atoms with Crippen LogP contribution in [0.2, 0.25) is 0 Å². The van der Waals surface area contributed by atoms with Crippen molar-refractivity contribution in [2.24, 2.45) is 0 Å². The third-order valence-electron chi connectivity index (χ3n) is 5.48. The number of unbranched alkanes of at least 4 members (excludes halogenated alkanes) is 2. The van der Waals surface area contributed by atoms with E-state index in [9.17, 15) is 0 Å². The summed E-state index contributed by atoms with van der Waals surface area (Å²) in [5.74, 6) is 1.82. The van der Waals surface area contributed by atoms with Gasteiger partial charge in [0.1, 0.15) is 0 Å². The summed E-state index contributed by atoms with van der Waals surface area (Å²) >= 11 is 0. The second kappa shape index (κ2) is 9.72. The molecule has 0 aromatic heterocycles.